The van der Waals surface area contributed by atoms with Crippen LogP contribution in [0.25, 0.3) is 0 Å². The Kier molecular flexibility index (Phi) is 6.01. The van der Waals surface area contributed by atoms with E-state index in [2.05, 4.69) is 33.0 Å². The topological polar surface area (TPSA) is 38.8 Å². The molecule has 1 fully saturated rings. The Morgan fingerprint density at radius 1 is 1.45 bits per heavy atom. The molecule has 0 aromatic heterocycles. The van der Waals surface area contributed by atoms with Gasteiger partial charge in [0.05, 0.1) is 26.2 Å². The summed E-state index contributed by atoms with van der Waals surface area (Å²) in [6, 6.07) is 8.17. The van der Waals surface area contributed by atoms with Crippen LogP contribution >= 0.6 is 15.9 Å². The van der Waals surface area contributed by atoms with Crippen LogP contribution in [0.15, 0.2) is 28.7 Å². The molecule has 20 heavy (non-hydrogen) atoms. The van der Waals surface area contributed by atoms with Gasteiger partial charge in [-0.3, -0.25) is 9.69 Å². The zero-order chi connectivity index (χ0) is 14.4. The Morgan fingerprint density at radius 2 is 2.20 bits per heavy atom. The predicted molar refractivity (Wildman–Crippen MR) is 80.5 cm³/mol. The lowest BCUT2D eigenvalue weighted by molar-refractivity contribution is -0.145. The molecule has 0 saturated carbocycles. The zero-order valence-electron chi connectivity index (χ0n) is 11.7. The van der Waals surface area contributed by atoms with E-state index in [1.54, 1.807) is 0 Å². The molecule has 0 aliphatic carbocycles. The van der Waals surface area contributed by atoms with Crippen LogP contribution in [0.2, 0.25) is 0 Å². The van der Waals surface area contributed by atoms with Crippen LogP contribution in [-0.2, 0) is 14.3 Å². The molecule has 0 amide bonds. The summed E-state index contributed by atoms with van der Waals surface area (Å²) >= 11 is 3.49. The second-order valence-electron chi connectivity index (χ2n) is 4.73. The lowest BCUT2D eigenvalue weighted by Crippen LogP contribution is -2.40. The maximum absolute atomic E-state index is 11.9. The summed E-state index contributed by atoms with van der Waals surface area (Å²) in [6.07, 6.45) is 0.379. The molecular weight excluding hydrogens is 322 g/mol. The van der Waals surface area contributed by atoms with Crippen LogP contribution in [0.5, 0.6) is 0 Å². The zero-order valence-corrected chi connectivity index (χ0v) is 13.3. The van der Waals surface area contributed by atoms with Crippen molar-refractivity contribution in [1.29, 1.82) is 0 Å². The van der Waals surface area contributed by atoms with E-state index in [4.69, 9.17) is 9.47 Å². The van der Waals surface area contributed by atoms with Crippen molar-refractivity contribution in [1.82, 2.24) is 4.90 Å². The van der Waals surface area contributed by atoms with Crippen LogP contribution in [0.3, 0.4) is 0 Å². The highest BCUT2D eigenvalue weighted by Crippen LogP contribution is 2.27. The number of benzene rings is 1. The molecule has 5 heteroatoms. The summed E-state index contributed by atoms with van der Waals surface area (Å²) < 4.78 is 11.5. The number of morpholine rings is 1. The van der Waals surface area contributed by atoms with Crippen LogP contribution in [0.1, 0.15) is 24.9 Å². The van der Waals surface area contributed by atoms with Crippen molar-refractivity contribution in [2.45, 2.75) is 19.4 Å². The Labute approximate surface area is 128 Å². The van der Waals surface area contributed by atoms with E-state index in [0.717, 1.165) is 23.1 Å². The Balaban J connectivity index is 2.16. The largest absolute Gasteiger partial charge is 0.466 e. The third kappa shape index (κ3) is 4.30. The van der Waals surface area contributed by atoms with Crippen molar-refractivity contribution in [3.63, 3.8) is 0 Å². The fraction of sp³-hybridized carbons (Fsp3) is 0.533. The van der Waals surface area contributed by atoms with Gasteiger partial charge in [0.1, 0.15) is 0 Å². The van der Waals surface area contributed by atoms with Crippen molar-refractivity contribution >= 4 is 21.9 Å². The molecule has 1 atom stereocenters. The van der Waals surface area contributed by atoms with Crippen molar-refractivity contribution in [2.75, 3.05) is 32.9 Å². The quantitative estimate of drug-likeness (QED) is 0.772. The Morgan fingerprint density at radius 3 is 2.85 bits per heavy atom. The van der Waals surface area contributed by atoms with Crippen LogP contribution in [0.4, 0.5) is 0 Å². The van der Waals surface area contributed by atoms with Gasteiger partial charge in [-0.2, -0.15) is 0 Å². The molecule has 1 aromatic carbocycles. The molecular formula is C15H20BrNO3. The highest BCUT2D eigenvalue weighted by Gasteiger charge is 2.25. The van der Waals surface area contributed by atoms with Crippen LogP contribution in [0, 0.1) is 0 Å². The summed E-state index contributed by atoms with van der Waals surface area (Å²) in [5, 5.41) is 0. The summed E-state index contributed by atoms with van der Waals surface area (Å²) in [5.74, 6) is -0.149. The Bertz CT molecular complexity index is 446. The van der Waals surface area contributed by atoms with Crippen molar-refractivity contribution < 1.29 is 14.3 Å². The van der Waals surface area contributed by atoms with E-state index in [1.807, 2.05) is 19.1 Å². The molecule has 110 valence electrons. The third-order valence-corrected chi connectivity index (χ3v) is 3.88. The number of hydrogen-bond donors (Lipinski definition) is 0. The fourth-order valence-corrected chi connectivity index (χ4v) is 2.86. The number of halogens is 1. The van der Waals surface area contributed by atoms with Crippen molar-refractivity contribution in [3.8, 4) is 0 Å². The first-order valence-corrected chi connectivity index (χ1v) is 7.73. The van der Waals surface area contributed by atoms with E-state index in [1.165, 1.54) is 0 Å². The molecule has 4 nitrogen and oxygen atoms in total. The first-order chi connectivity index (χ1) is 9.70. The molecule has 0 N–H and O–H groups in total. The predicted octanol–water partition coefficient (Wildman–Crippen LogP) is 2.78. The number of rotatable bonds is 5. The normalized spacial score (nSPS) is 17.7. The van der Waals surface area contributed by atoms with Gasteiger partial charge in [-0.05, 0) is 24.6 Å². The smallest absolute Gasteiger partial charge is 0.307 e. The number of nitrogens with zero attached hydrogens (tertiary/aromatic N) is 1. The highest BCUT2D eigenvalue weighted by molar-refractivity contribution is 9.10. The Hall–Kier alpha value is -0.910. The minimum atomic E-state index is -0.149. The minimum absolute atomic E-state index is 0.0513. The summed E-state index contributed by atoms with van der Waals surface area (Å²) in [5.41, 5.74) is 1.13. The lowest BCUT2D eigenvalue weighted by atomic mass is 10.0. The van der Waals surface area contributed by atoms with E-state index >= 15 is 0 Å². The van der Waals surface area contributed by atoms with Crippen molar-refractivity contribution in [2.24, 2.45) is 0 Å². The van der Waals surface area contributed by atoms with Gasteiger partial charge >= 0.3 is 5.97 Å². The van der Waals surface area contributed by atoms with Gasteiger partial charge in [-0.25, -0.2) is 0 Å². The van der Waals surface area contributed by atoms with Gasteiger partial charge < -0.3 is 9.47 Å². The minimum Gasteiger partial charge on any atom is -0.466 e. The van der Waals surface area contributed by atoms with Crippen molar-refractivity contribution in [3.05, 3.63) is 34.3 Å². The van der Waals surface area contributed by atoms with Crippen LogP contribution < -0.4 is 0 Å². The second kappa shape index (κ2) is 7.76. The van der Waals surface area contributed by atoms with Gasteiger partial charge in [0.25, 0.3) is 0 Å². The maximum Gasteiger partial charge on any atom is 0.307 e. The fourth-order valence-electron chi connectivity index (χ4n) is 2.44. The third-order valence-electron chi connectivity index (χ3n) is 3.39. The van der Waals surface area contributed by atoms with Gasteiger partial charge in [-0.1, -0.05) is 28.1 Å². The average molecular weight is 342 g/mol. The molecule has 0 spiro atoms. The molecule has 1 aromatic rings. The SMILES string of the molecule is CCOC(=O)CC(c1cccc(Br)c1)N1CCOCC1. The molecule has 2 rings (SSSR count). The van der Waals surface area contributed by atoms with Crippen LogP contribution in [-0.4, -0.2) is 43.8 Å². The monoisotopic (exact) mass is 341 g/mol. The molecule has 1 saturated heterocycles. The number of carbonyl (C=O) groups is 1. The van der Waals surface area contributed by atoms with Gasteiger partial charge in [0.2, 0.25) is 0 Å². The van der Waals surface area contributed by atoms with E-state index < -0.39 is 0 Å². The number of hydrogen-bond acceptors (Lipinski definition) is 4. The number of ether oxygens (including phenoxy) is 2. The van der Waals surface area contributed by atoms with Gasteiger partial charge in [-0.15, -0.1) is 0 Å². The van der Waals surface area contributed by atoms with E-state index in [0.29, 0.717) is 26.2 Å². The molecule has 1 unspecified atom stereocenters. The summed E-state index contributed by atoms with van der Waals surface area (Å²) in [7, 11) is 0. The summed E-state index contributed by atoms with van der Waals surface area (Å²) in [6.45, 7) is 5.38. The first kappa shape index (κ1) is 15.5. The number of carbonyl (C=O) groups excluding carboxylic acids is 1. The highest BCUT2D eigenvalue weighted by atomic mass is 79.9. The summed E-state index contributed by atoms with van der Waals surface area (Å²) in [4.78, 5) is 14.2. The maximum atomic E-state index is 11.9. The van der Waals surface area contributed by atoms with Gasteiger partial charge in [0.15, 0.2) is 0 Å². The lowest BCUT2D eigenvalue weighted by Gasteiger charge is -2.34. The van der Waals surface area contributed by atoms with E-state index in [9.17, 15) is 4.79 Å². The molecule has 1 aliphatic rings. The van der Waals surface area contributed by atoms with E-state index in [-0.39, 0.29) is 12.0 Å². The second-order valence-corrected chi connectivity index (χ2v) is 5.64. The molecule has 0 radical (unpaired) electrons. The molecule has 0 bridgehead atoms. The number of esters is 1. The average Bonchev–Trinajstić information content (AvgIpc) is 2.46. The molecule has 1 aliphatic heterocycles. The standard InChI is InChI=1S/C15H20BrNO3/c1-2-20-15(18)11-14(17-6-8-19-9-7-17)12-4-3-5-13(16)10-12/h3-5,10,14H,2,6-9,11H2,1H3. The molecule has 1 heterocycles. The van der Waals surface area contributed by atoms with Gasteiger partial charge in [0, 0.05) is 23.6 Å². The first-order valence-electron chi connectivity index (χ1n) is 6.93.